The third-order valence-electron chi connectivity index (χ3n) is 5.21. The van der Waals surface area contributed by atoms with Crippen molar-refractivity contribution in [1.82, 2.24) is 10.3 Å². The Bertz CT molecular complexity index is 952. The maximum Gasteiger partial charge on any atom is 0.293 e. The van der Waals surface area contributed by atoms with E-state index in [1.165, 1.54) is 0 Å². The molecule has 2 aromatic carbocycles. The number of ketones is 1. The number of aromatic amines is 1. The molecule has 4 nitrogen and oxygen atoms in total. The van der Waals surface area contributed by atoms with Crippen LogP contribution in [0.5, 0.6) is 0 Å². The number of aryl methyl sites for hydroxylation is 1. The number of rotatable bonds is 4. The van der Waals surface area contributed by atoms with Crippen LogP contribution < -0.4 is 5.32 Å². The molecule has 0 atom stereocenters. The van der Waals surface area contributed by atoms with Gasteiger partial charge >= 0.3 is 0 Å². The predicted molar refractivity (Wildman–Crippen MR) is 97.5 cm³/mol. The van der Waals surface area contributed by atoms with Crippen molar-refractivity contribution in [2.75, 3.05) is 0 Å². The highest BCUT2D eigenvalue weighted by molar-refractivity contribution is 6.45. The van der Waals surface area contributed by atoms with Crippen molar-refractivity contribution in [2.45, 2.75) is 31.7 Å². The summed E-state index contributed by atoms with van der Waals surface area (Å²) in [5, 5.41) is 3.82. The van der Waals surface area contributed by atoms with Crippen molar-refractivity contribution in [1.29, 1.82) is 0 Å². The summed E-state index contributed by atoms with van der Waals surface area (Å²) in [5.74, 6) is -1.01. The lowest BCUT2D eigenvalue weighted by atomic mass is 9.71. The van der Waals surface area contributed by atoms with Gasteiger partial charge in [0.2, 0.25) is 0 Å². The summed E-state index contributed by atoms with van der Waals surface area (Å²) in [5.41, 5.74) is 2.73. The highest BCUT2D eigenvalue weighted by Gasteiger charge is 2.41. The second-order valence-electron chi connectivity index (χ2n) is 6.76. The quantitative estimate of drug-likeness (QED) is 0.563. The highest BCUT2D eigenvalue weighted by Crippen LogP contribution is 2.41. The summed E-state index contributed by atoms with van der Waals surface area (Å²) in [4.78, 5) is 28.8. The van der Waals surface area contributed by atoms with Crippen LogP contribution >= 0.6 is 0 Å². The molecule has 4 heteroatoms. The van der Waals surface area contributed by atoms with E-state index >= 15 is 0 Å². The zero-order chi connectivity index (χ0) is 17.4. The smallest absolute Gasteiger partial charge is 0.293 e. The first-order valence-corrected chi connectivity index (χ1v) is 8.60. The van der Waals surface area contributed by atoms with Crippen LogP contribution in [0.2, 0.25) is 0 Å². The van der Waals surface area contributed by atoms with E-state index in [0.29, 0.717) is 5.56 Å². The average Bonchev–Trinajstić information content (AvgIpc) is 2.93. The summed E-state index contributed by atoms with van der Waals surface area (Å²) >= 11 is 0. The topological polar surface area (TPSA) is 62.0 Å². The molecule has 0 saturated heterocycles. The van der Waals surface area contributed by atoms with Gasteiger partial charge in [0.1, 0.15) is 0 Å². The molecular formula is C21H20N2O2. The van der Waals surface area contributed by atoms with Crippen molar-refractivity contribution in [3.8, 4) is 0 Å². The number of carbonyl (C=O) groups is 2. The van der Waals surface area contributed by atoms with Crippen LogP contribution in [0.3, 0.4) is 0 Å². The summed E-state index contributed by atoms with van der Waals surface area (Å²) in [6.07, 6.45) is 2.78. The lowest BCUT2D eigenvalue weighted by Crippen LogP contribution is -2.52. The van der Waals surface area contributed by atoms with Gasteiger partial charge in [-0.2, -0.15) is 0 Å². The van der Waals surface area contributed by atoms with Gasteiger partial charge in [0.05, 0.1) is 11.1 Å². The highest BCUT2D eigenvalue weighted by atomic mass is 16.2. The van der Waals surface area contributed by atoms with E-state index in [9.17, 15) is 9.59 Å². The SMILES string of the molecule is Cc1[nH]c2ccccc2c1C(=O)C(=O)NC1(c2ccccc2)CCC1. The molecule has 2 N–H and O–H groups in total. The first kappa shape index (κ1) is 15.6. The van der Waals surface area contributed by atoms with Crippen molar-refractivity contribution >= 4 is 22.6 Å². The van der Waals surface area contributed by atoms with E-state index in [1.807, 2.05) is 61.5 Å². The van der Waals surface area contributed by atoms with Gasteiger partial charge < -0.3 is 10.3 Å². The average molecular weight is 332 g/mol. The Labute approximate surface area is 146 Å². The molecule has 0 aliphatic heterocycles. The van der Waals surface area contributed by atoms with Crippen LogP contribution in [0.4, 0.5) is 0 Å². The van der Waals surface area contributed by atoms with Crippen LogP contribution in [0.15, 0.2) is 54.6 Å². The minimum atomic E-state index is -0.531. The van der Waals surface area contributed by atoms with E-state index in [0.717, 1.165) is 41.4 Å². The summed E-state index contributed by atoms with van der Waals surface area (Å²) in [6.45, 7) is 1.83. The van der Waals surface area contributed by atoms with Crippen LogP contribution in [-0.4, -0.2) is 16.7 Å². The number of hydrogen-bond acceptors (Lipinski definition) is 2. The summed E-state index contributed by atoms with van der Waals surface area (Å²) in [7, 11) is 0. The third kappa shape index (κ3) is 2.54. The van der Waals surface area contributed by atoms with Crippen LogP contribution in [-0.2, 0) is 10.3 Å². The molecule has 3 aromatic rings. The lowest BCUT2D eigenvalue weighted by Gasteiger charge is -2.43. The van der Waals surface area contributed by atoms with Crippen LogP contribution in [0.25, 0.3) is 10.9 Å². The van der Waals surface area contributed by atoms with Crippen LogP contribution in [0, 0.1) is 6.92 Å². The fourth-order valence-corrected chi connectivity index (χ4v) is 3.73. The summed E-state index contributed by atoms with van der Waals surface area (Å²) < 4.78 is 0. The lowest BCUT2D eigenvalue weighted by molar-refractivity contribution is -0.120. The standard InChI is InChI=1S/C21H20N2O2/c1-14-18(16-10-5-6-11-17(16)22-14)19(24)20(25)23-21(12-7-13-21)15-8-3-2-4-9-15/h2-6,8-11,22H,7,12-13H2,1H3,(H,23,25). The molecule has 1 fully saturated rings. The third-order valence-corrected chi connectivity index (χ3v) is 5.21. The number of benzene rings is 2. The largest absolute Gasteiger partial charge is 0.358 e. The Hall–Kier alpha value is -2.88. The second-order valence-corrected chi connectivity index (χ2v) is 6.76. The fourth-order valence-electron chi connectivity index (χ4n) is 3.73. The molecule has 4 rings (SSSR count). The van der Waals surface area contributed by atoms with E-state index in [4.69, 9.17) is 0 Å². The molecule has 0 radical (unpaired) electrons. The monoisotopic (exact) mass is 332 g/mol. The molecule has 1 saturated carbocycles. The minimum absolute atomic E-state index is 0.409. The Morgan fingerprint density at radius 2 is 1.68 bits per heavy atom. The number of nitrogens with one attached hydrogen (secondary N) is 2. The van der Waals surface area contributed by atoms with Gasteiger partial charge in [-0.3, -0.25) is 9.59 Å². The molecular weight excluding hydrogens is 312 g/mol. The molecule has 1 amide bonds. The van der Waals surface area contributed by atoms with E-state index < -0.39 is 17.2 Å². The number of H-pyrrole nitrogens is 1. The van der Waals surface area contributed by atoms with E-state index in [1.54, 1.807) is 0 Å². The first-order chi connectivity index (χ1) is 12.1. The zero-order valence-electron chi connectivity index (χ0n) is 14.1. The van der Waals surface area contributed by atoms with Crippen molar-refractivity contribution < 1.29 is 9.59 Å². The predicted octanol–water partition coefficient (Wildman–Crippen LogP) is 3.85. The van der Waals surface area contributed by atoms with Gasteiger partial charge in [-0.25, -0.2) is 0 Å². The second kappa shape index (κ2) is 5.88. The van der Waals surface area contributed by atoms with Crippen LogP contribution in [0.1, 0.15) is 40.9 Å². The van der Waals surface area contributed by atoms with Gasteiger partial charge in [0.15, 0.2) is 0 Å². The molecule has 1 aromatic heterocycles. The number of fused-ring (bicyclic) bond motifs is 1. The Morgan fingerprint density at radius 1 is 1.00 bits per heavy atom. The molecule has 0 spiro atoms. The van der Waals surface area contributed by atoms with Crippen molar-refractivity contribution in [3.05, 3.63) is 71.4 Å². The number of Topliss-reactive ketones (excluding diaryl/α,β-unsaturated/α-hetero) is 1. The number of hydrogen-bond donors (Lipinski definition) is 2. The Balaban J connectivity index is 1.64. The minimum Gasteiger partial charge on any atom is -0.358 e. The maximum atomic E-state index is 12.9. The zero-order valence-corrected chi connectivity index (χ0v) is 14.1. The van der Waals surface area contributed by atoms with Gasteiger partial charge in [0.25, 0.3) is 11.7 Å². The molecule has 1 heterocycles. The van der Waals surface area contributed by atoms with Gasteiger partial charge in [-0.05, 0) is 37.8 Å². The number of amides is 1. The van der Waals surface area contributed by atoms with E-state index in [2.05, 4.69) is 10.3 Å². The molecule has 1 aliphatic carbocycles. The van der Waals surface area contributed by atoms with Crippen molar-refractivity contribution in [2.24, 2.45) is 0 Å². The van der Waals surface area contributed by atoms with Gasteiger partial charge in [-0.15, -0.1) is 0 Å². The normalized spacial score (nSPS) is 15.6. The van der Waals surface area contributed by atoms with Crippen molar-refractivity contribution in [3.63, 3.8) is 0 Å². The van der Waals surface area contributed by atoms with Gasteiger partial charge in [-0.1, -0.05) is 48.5 Å². The first-order valence-electron chi connectivity index (χ1n) is 8.60. The molecule has 126 valence electrons. The number of carbonyl (C=O) groups excluding carboxylic acids is 2. The van der Waals surface area contributed by atoms with Gasteiger partial charge in [0, 0.05) is 16.6 Å². The number of aromatic nitrogens is 1. The molecule has 0 bridgehead atoms. The molecule has 25 heavy (non-hydrogen) atoms. The number of para-hydroxylation sites is 1. The fraction of sp³-hybridized carbons (Fsp3) is 0.238. The molecule has 1 aliphatic rings. The Morgan fingerprint density at radius 3 is 2.36 bits per heavy atom. The summed E-state index contributed by atoms with van der Waals surface area (Å²) in [6, 6.07) is 17.5. The Kier molecular flexibility index (Phi) is 3.68. The van der Waals surface area contributed by atoms with E-state index in [-0.39, 0.29) is 0 Å². The molecule has 0 unspecified atom stereocenters. The maximum absolute atomic E-state index is 12.9.